The van der Waals surface area contributed by atoms with Crippen LogP contribution in [0.3, 0.4) is 0 Å². The fourth-order valence-corrected chi connectivity index (χ4v) is 2.66. The molecule has 128 valence electrons. The van der Waals surface area contributed by atoms with Gasteiger partial charge in [0.05, 0.1) is 6.54 Å². The number of nitrogens with one attached hydrogen (secondary N) is 2. The molecule has 0 spiro atoms. The summed E-state index contributed by atoms with van der Waals surface area (Å²) >= 11 is 5.32. The molecule has 0 fully saturated rings. The maximum absolute atomic E-state index is 13.8. The summed E-state index contributed by atoms with van der Waals surface area (Å²) < 4.78 is 15.6. The zero-order chi connectivity index (χ0) is 17.8. The van der Waals surface area contributed by atoms with Crippen molar-refractivity contribution in [2.24, 2.45) is 0 Å². The lowest BCUT2D eigenvalue weighted by Crippen LogP contribution is -2.19. The third kappa shape index (κ3) is 4.42. The smallest absolute Gasteiger partial charge is 0.176 e. The molecule has 1 heterocycles. The summed E-state index contributed by atoms with van der Waals surface area (Å²) in [6, 6.07) is 16.5. The maximum atomic E-state index is 13.8. The van der Waals surface area contributed by atoms with E-state index in [9.17, 15) is 4.39 Å². The van der Waals surface area contributed by atoms with Crippen molar-refractivity contribution in [2.75, 3.05) is 10.6 Å². The van der Waals surface area contributed by atoms with Gasteiger partial charge >= 0.3 is 0 Å². The molecule has 0 aliphatic carbocycles. The number of hydrogen-bond donors (Lipinski definition) is 2. The SMILES string of the molecule is Cc1ccc(NC(=S)Nc2cc(C)n(Cc3ccccc3F)n2)cc1. The van der Waals surface area contributed by atoms with Crippen molar-refractivity contribution >= 4 is 28.8 Å². The van der Waals surface area contributed by atoms with Crippen molar-refractivity contribution in [1.82, 2.24) is 9.78 Å². The number of anilines is 2. The molecule has 0 saturated heterocycles. The topological polar surface area (TPSA) is 41.9 Å². The molecule has 1 aromatic heterocycles. The number of hydrogen-bond acceptors (Lipinski definition) is 2. The second-order valence-electron chi connectivity index (χ2n) is 5.87. The first kappa shape index (κ1) is 17.1. The second kappa shape index (κ2) is 7.44. The number of aryl methyl sites for hydroxylation is 2. The highest BCUT2D eigenvalue weighted by Gasteiger charge is 2.09. The minimum atomic E-state index is -0.233. The first-order valence-corrected chi connectivity index (χ1v) is 8.34. The lowest BCUT2D eigenvalue weighted by atomic mass is 10.2. The molecule has 2 N–H and O–H groups in total. The predicted octanol–water partition coefficient (Wildman–Crippen LogP) is 4.50. The van der Waals surface area contributed by atoms with Crippen LogP contribution in [0.4, 0.5) is 15.9 Å². The third-order valence-electron chi connectivity index (χ3n) is 3.81. The van der Waals surface area contributed by atoms with Gasteiger partial charge in [0.15, 0.2) is 10.9 Å². The quantitative estimate of drug-likeness (QED) is 0.677. The van der Waals surface area contributed by atoms with E-state index < -0.39 is 0 Å². The predicted molar refractivity (Wildman–Crippen MR) is 103 cm³/mol. The normalized spacial score (nSPS) is 10.5. The molecule has 3 aromatic rings. The molecule has 0 bridgehead atoms. The van der Waals surface area contributed by atoms with Crippen LogP contribution in [0.5, 0.6) is 0 Å². The zero-order valence-electron chi connectivity index (χ0n) is 14.1. The number of rotatable bonds is 4. The van der Waals surface area contributed by atoms with E-state index in [4.69, 9.17) is 12.2 Å². The van der Waals surface area contributed by atoms with Crippen LogP contribution in [0.15, 0.2) is 54.6 Å². The van der Waals surface area contributed by atoms with Gasteiger partial charge < -0.3 is 10.6 Å². The summed E-state index contributed by atoms with van der Waals surface area (Å²) in [6.45, 7) is 4.33. The minimum absolute atomic E-state index is 0.233. The Kier molecular flexibility index (Phi) is 5.09. The van der Waals surface area contributed by atoms with Crippen LogP contribution in [-0.4, -0.2) is 14.9 Å². The highest BCUT2D eigenvalue weighted by atomic mass is 32.1. The van der Waals surface area contributed by atoms with Crippen LogP contribution in [0.1, 0.15) is 16.8 Å². The van der Waals surface area contributed by atoms with Gasteiger partial charge in [-0.15, -0.1) is 0 Å². The van der Waals surface area contributed by atoms with E-state index in [1.54, 1.807) is 16.8 Å². The van der Waals surface area contributed by atoms with Crippen molar-refractivity contribution in [1.29, 1.82) is 0 Å². The van der Waals surface area contributed by atoms with Gasteiger partial charge in [-0.3, -0.25) is 4.68 Å². The molecular weight excluding hydrogens is 335 g/mol. The molecule has 3 rings (SSSR count). The maximum Gasteiger partial charge on any atom is 0.176 e. The number of halogens is 1. The molecular formula is C19H19FN4S. The molecule has 0 amide bonds. The lowest BCUT2D eigenvalue weighted by molar-refractivity contribution is 0.581. The molecule has 0 radical (unpaired) electrons. The van der Waals surface area contributed by atoms with E-state index in [0.717, 1.165) is 11.4 Å². The Balaban J connectivity index is 1.66. The Bertz CT molecular complexity index is 887. The molecule has 0 saturated carbocycles. The van der Waals surface area contributed by atoms with E-state index in [-0.39, 0.29) is 5.82 Å². The average Bonchev–Trinajstić information content (AvgIpc) is 2.91. The Hall–Kier alpha value is -2.73. The molecule has 0 aliphatic heterocycles. The Morgan fingerprint density at radius 2 is 1.80 bits per heavy atom. The molecule has 0 unspecified atom stereocenters. The molecule has 25 heavy (non-hydrogen) atoms. The number of thiocarbonyl (C=S) groups is 1. The summed E-state index contributed by atoms with van der Waals surface area (Å²) in [5.41, 5.74) is 3.61. The average molecular weight is 354 g/mol. The van der Waals surface area contributed by atoms with Crippen molar-refractivity contribution in [3.8, 4) is 0 Å². The largest absolute Gasteiger partial charge is 0.332 e. The lowest BCUT2D eigenvalue weighted by Gasteiger charge is -2.09. The fourth-order valence-electron chi connectivity index (χ4n) is 2.43. The van der Waals surface area contributed by atoms with E-state index in [2.05, 4.69) is 15.7 Å². The fraction of sp³-hybridized carbons (Fsp3) is 0.158. The molecule has 6 heteroatoms. The van der Waals surface area contributed by atoms with Gasteiger partial charge in [-0.1, -0.05) is 35.9 Å². The van der Waals surface area contributed by atoms with E-state index in [1.807, 2.05) is 50.2 Å². The Morgan fingerprint density at radius 3 is 2.52 bits per heavy atom. The van der Waals surface area contributed by atoms with Gasteiger partial charge in [0.25, 0.3) is 0 Å². The van der Waals surface area contributed by atoms with Gasteiger partial charge in [0, 0.05) is 23.0 Å². The summed E-state index contributed by atoms with van der Waals surface area (Å²) in [7, 11) is 0. The highest BCUT2D eigenvalue weighted by molar-refractivity contribution is 7.80. The summed E-state index contributed by atoms with van der Waals surface area (Å²) in [5.74, 6) is 0.391. The van der Waals surface area contributed by atoms with E-state index in [1.165, 1.54) is 11.6 Å². The van der Waals surface area contributed by atoms with Crippen molar-refractivity contribution in [2.45, 2.75) is 20.4 Å². The van der Waals surface area contributed by atoms with Crippen LogP contribution in [0, 0.1) is 19.7 Å². The molecule has 0 atom stereocenters. The number of aromatic nitrogens is 2. The van der Waals surface area contributed by atoms with Crippen LogP contribution in [0.25, 0.3) is 0 Å². The van der Waals surface area contributed by atoms with Crippen molar-refractivity contribution < 1.29 is 4.39 Å². The van der Waals surface area contributed by atoms with E-state index in [0.29, 0.717) is 23.0 Å². The summed E-state index contributed by atoms with van der Waals surface area (Å²) in [4.78, 5) is 0. The second-order valence-corrected chi connectivity index (χ2v) is 6.27. The minimum Gasteiger partial charge on any atom is -0.332 e. The standard InChI is InChI=1S/C19H19FN4S/c1-13-7-9-16(10-8-13)21-19(25)22-18-11-14(2)24(23-18)12-15-5-3-4-6-17(15)20/h3-11H,12H2,1-2H3,(H2,21,22,23,25). The van der Waals surface area contributed by atoms with Crippen LogP contribution >= 0.6 is 12.2 Å². The van der Waals surface area contributed by atoms with Gasteiger partial charge in [-0.25, -0.2) is 4.39 Å². The van der Waals surface area contributed by atoms with Crippen molar-refractivity contribution in [3.05, 3.63) is 77.2 Å². The van der Waals surface area contributed by atoms with Crippen LogP contribution in [-0.2, 0) is 6.54 Å². The van der Waals surface area contributed by atoms with Gasteiger partial charge in [-0.05, 0) is 44.3 Å². The number of benzene rings is 2. The molecule has 0 aliphatic rings. The van der Waals surface area contributed by atoms with E-state index >= 15 is 0 Å². The monoisotopic (exact) mass is 354 g/mol. The van der Waals surface area contributed by atoms with Gasteiger partial charge in [-0.2, -0.15) is 5.10 Å². The first-order valence-electron chi connectivity index (χ1n) is 7.94. The van der Waals surface area contributed by atoms with Crippen LogP contribution in [0.2, 0.25) is 0 Å². The highest BCUT2D eigenvalue weighted by Crippen LogP contribution is 2.14. The van der Waals surface area contributed by atoms with Gasteiger partial charge in [0.2, 0.25) is 0 Å². The first-order chi connectivity index (χ1) is 12.0. The molecule has 2 aromatic carbocycles. The summed E-state index contributed by atoms with van der Waals surface area (Å²) in [5, 5.41) is 11.1. The van der Waals surface area contributed by atoms with Crippen molar-refractivity contribution in [3.63, 3.8) is 0 Å². The third-order valence-corrected chi connectivity index (χ3v) is 4.01. The summed E-state index contributed by atoms with van der Waals surface area (Å²) in [6.07, 6.45) is 0. The zero-order valence-corrected chi connectivity index (χ0v) is 14.9. The Labute approximate surface area is 151 Å². The van der Waals surface area contributed by atoms with Crippen LogP contribution < -0.4 is 10.6 Å². The Morgan fingerprint density at radius 1 is 1.08 bits per heavy atom. The number of nitrogens with zero attached hydrogens (tertiary/aromatic N) is 2. The molecule has 4 nitrogen and oxygen atoms in total. The van der Waals surface area contributed by atoms with Gasteiger partial charge in [0.1, 0.15) is 5.82 Å².